The van der Waals surface area contributed by atoms with Crippen LogP contribution in [0.25, 0.3) is 16.7 Å². The number of likely N-dealkylation sites (N-methyl/N-ethyl adjacent to an activating group) is 1. The first kappa shape index (κ1) is 26.5. The van der Waals surface area contributed by atoms with Gasteiger partial charge < -0.3 is 29.6 Å². The normalized spacial score (nSPS) is 13.8. The molecule has 1 amide bonds. The van der Waals surface area contributed by atoms with Crippen molar-refractivity contribution in [3.05, 3.63) is 60.9 Å². The Bertz CT molecular complexity index is 1430. The summed E-state index contributed by atoms with van der Waals surface area (Å²) in [5.41, 5.74) is 3.29. The fourth-order valence-corrected chi connectivity index (χ4v) is 4.67. The third kappa shape index (κ3) is 6.13. The summed E-state index contributed by atoms with van der Waals surface area (Å²) in [5.74, 6) is 1.72. The van der Waals surface area contributed by atoms with Crippen LogP contribution >= 0.6 is 0 Å². The zero-order chi connectivity index (χ0) is 27.2. The van der Waals surface area contributed by atoms with Gasteiger partial charge in [-0.05, 0) is 29.7 Å². The monoisotopic (exact) mass is 529 g/mol. The fraction of sp³-hybridized carbons (Fsp3) is 0.345. The largest absolute Gasteiger partial charge is 0.494 e. The molecule has 10 heteroatoms. The molecule has 5 rings (SSSR count). The highest BCUT2D eigenvalue weighted by Gasteiger charge is 2.18. The molecular weight excluding hydrogens is 494 g/mol. The summed E-state index contributed by atoms with van der Waals surface area (Å²) in [5, 5.41) is 7.49. The van der Waals surface area contributed by atoms with Gasteiger partial charge in [0.25, 0.3) is 0 Å². The lowest BCUT2D eigenvalue weighted by Gasteiger charge is -2.30. The SMILES string of the molecule is CCC(=O)Nc1cc(Nc2nccc(-n3ccc4ccccc43)n2)c(OC)cc1N(C)CCN1CCOCC1. The molecular formula is C29H35N7O3. The number of nitrogens with zero attached hydrogens (tertiary/aromatic N) is 5. The maximum atomic E-state index is 12.4. The van der Waals surface area contributed by atoms with Gasteiger partial charge in [0.15, 0.2) is 0 Å². The molecule has 1 aliphatic heterocycles. The number of carbonyl (C=O) groups excluding carboxylic acids is 1. The number of ether oxygens (including phenoxy) is 2. The molecule has 2 aromatic carbocycles. The second kappa shape index (κ2) is 12.1. The molecule has 0 bridgehead atoms. The van der Waals surface area contributed by atoms with E-state index >= 15 is 0 Å². The van der Waals surface area contributed by atoms with Crippen LogP contribution in [0.4, 0.5) is 23.0 Å². The Labute approximate surface area is 228 Å². The fourth-order valence-electron chi connectivity index (χ4n) is 4.67. The van der Waals surface area contributed by atoms with E-state index in [4.69, 9.17) is 14.5 Å². The maximum Gasteiger partial charge on any atom is 0.229 e. The van der Waals surface area contributed by atoms with E-state index in [1.165, 1.54) is 0 Å². The van der Waals surface area contributed by atoms with E-state index in [0.29, 0.717) is 29.5 Å². The number of rotatable bonds is 10. The van der Waals surface area contributed by atoms with Crippen LogP contribution in [0.3, 0.4) is 0 Å². The number of fused-ring (bicyclic) bond motifs is 1. The molecule has 0 unspecified atom stereocenters. The van der Waals surface area contributed by atoms with Gasteiger partial charge in [0.2, 0.25) is 11.9 Å². The number of amides is 1. The number of carbonyl (C=O) groups is 1. The summed E-state index contributed by atoms with van der Waals surface area (Å²) in [6.07, 6.45) is 4.10. The molecule has 4 aromatic rings. The van der Waals surface area contributed by atoms with E-state index in [1.54, 1.807) is 13.3 Å². The van der Waals surface area contributed by atoms with E-state index in [2.05, 4.69) is 43.6 Å². The van der Waals surface area contributed by atoms with E-state index in [9.17, 15) is 4.79 Å². The van der Waals surface area contributed by atoms with Gasteiger partial charge in [-0.25, -0.2) is 4.98 Å². The van der Waals surface area contributed by atoms with Gasteiger partial charge in [-0.1, -0.05) is 25.1 Å². The van der Waals surface area contributed by atoms with Gasteiger partial charge in [0, 0.05) is 58.1 Å². The van der Waals surface area contributed by atoms with Crippen molar-refractivity contribution in [1.82, 2.24) is 19.4 Å². The van der Waals surface area contributed by atoms with Crippen molar-refractivity contribution in [2.75, 3.05) is 69.1 Å². The van der Waals surface area contributed by atoms with E-state index in [0.717, 1.165) is 61.8 Å². The lowest BCUT2D eigenvalue weighted by molar-refractivity contribution is -0.115. The average Bonchev–Trinajstić information content (AvgIpc) is 3.41. The quantitative estimate of drug-likeness (QED) is 0.314. The Morgan fingerprint density at radius 1 is 1.13 bits per heavy atom. The predicted octanol–water partition coefficient (Wildman–Crippen LogP) is 4.29. The summed E-state index contributed by atoms with van der Waals surface area (Å²) < 4.78 is 13.3. The van der Waals surface area contributed by atoms with Gasteiger partial charge >= 0.3 is 0 Å². The van der Waals surface area contributed by atoms with Crippen molar-refractivity contribution in [1.29, 1.82) is 0 Å². The Morgan fingerprint density at radius 3 is 2.74 bits per heavy atom. The molecule has 2 N–H and O–H groups in total. The van der Waals surface area contributed by atoms with Crippen LogP contribution in [0.2, 0.25) is 0 Å². The highest BCUT2D eigenvalue weighted by atomic mass is 16.5. The van der Waals surface area contributed by atoms with Crippen molar-refractivity contribution in [2.45, 2.75) is 13.3 Å². The van der Waals surface area contributed by atoms with Crippen molar-refractivity contribution in [3.63, 3.8) is 0 Å². The van der Waals surface area contributed by atoms with E-state index in [-0.39, 0.29) is 5.91 Å². The van der Waals surface area contributed by atoms with Gasteiger partial charge in [0.05, 0.1) is 42.9 Å². The summed E-state index contributed by atoms with van der Waals surface area (Å²) in [6, 6.07) is 15.9. The first-order valence-corrected chi connectivity index (χ1v) is 13.3. The highest BCUT2D eigenvalue weighted by Crippen LogP contribution is 2.38. The first-order chi connectivity index (χ1) is 19.1. The van der Waals surface area contributed by atoms with Crippen LogP contribution < -0.4 is 20.3 Å². The lowest BCUT2D eigenvalue weighted by atomic mass is 10.2. The van der Waals surface area contributed by atoms with Crippen LogP contribution in [-0.2, 0) is 9.53 Å². The Morgan fingerprint density at radius 2 is 1.95 bits per heavy atom. The standard InChI is InChI=1S/C29H35N7O3/c1-4-28(37)31-22-19-23(26(38-3)20-25(22)34(2)13-14-35-15-17-39-18-16-35)32-29-30-11-9-27(33-29)36-12-10-21-7-5-6-8-24(21)36/h5-12,19-20H,4,13-18H2,1-3H3,(H,31,37)(H,30,32,33). The van der Waals surface area contributed by atoms with Gasteiger partial charge in [0.1, 0.15) is 11.6 Å². The molecule has 1 aliphatic rings. The van der Waals surface area contributed by atoms with Crippen molar-refractivity contribution in [3.8, 4) is 11.6 Å². The Kier molecular flexibility index (Phi) is 8.24. The van der Waals surface area contributed by atoms with Crippen LogP contribution in [-0.4, -0.2) is 78.9 Å². The molecule has 0 saturated carbocycles. The van der Waals surface area contributed by atoms with Gasteiger partial charge in [-0.15, -0.1) is 0 Å². The molecule has 3 heterocycles. The van der Waals surface area contributed by atoms with E-state index in [1.807, 2.05) is 55.1 Å². The summed E-state index contributed by atoms with van der Waals surface area (Å²) in [4.78, 5) is 26.2. The third-order valence-corrected chi connectivity index (χ3v) is 6.91. The number of hydrogen-bond donors (Lipinski definition) is 2. The van der Waals surface area contributed by atoms with Crippen LogP contribution in [0, 0.1) is 0 Å². The number of aromatic nitrogens is 3. The molecule has 39 heavy (non-hydrogen) atoms. The minimum atomic E-state index is -0.0633. The number of morpholine rings is 1. The average molecular weight is 530 g/mol. The topological polar surface area (TPSA) is 96.8 Å². The Hall–Kier alpha value is -4.15. The summed E-state index contributed by atoms with van der Waals surface area (Å²) in [7, 11) is 3.66. The van der Waals surface area contributed by atoms with Gasteiger partial charge in [-0.3, -0.25) is 9.69 Å². The lowest BCUT2D eigenvalue weighted by Crippen LogP contribution is -2.40. The number of anilines is 4. The minimum absolute atomic E-state index is 0.0633. The number of methoxy groups -OCH3 is 1. The summed E-state index contributed by atoms with van der Waals surface area (Å²) >= 11 is 0. The highest BCUT2D eigenvalue weighted by molar-refractivity contribution is 5.96. The Balaban J connectivity index is 1.42. The molecule has 0 radical (unpaired) electrons. The molecule has 0 spiro atoms. The van der Waals surface area contributed by atoms with E-state index < -0.39 is 0 Å². The zero-order valence-electron chi connectivity index (χ0n) is 22.7. The molecule has 0 aliphatic carbocycles. The number of para-hydroxylation sites is 1. The summed E-state index contributed by atoms with van der Waals surface area (Å²) in [6.45, 7) is 6.91. The number of nitrogens with one attached hydrogen (secondary N) is 2. The molecule has 1 fully saturated rings. The molecule has 204 valence electrons. The van der Waals surface area contributed by atoms with Gasteiger partial charge in [-0.2, -0.15) is 4.98 Å². The molecule has 2 aromatic heterocycles. The molecule has 1 saturated heterocycles. The van der Waals surface area contributed by atoms with Crippen LogP contribution in [0.5, 0.6) is 5.75 Å². The second-order valence-electron chi connectivity index (χ2n) is 9.45. The van der Waals surface area contributed by atoms with Crippen LogP contribution in [0.1, 0.15) is 13.3 Å². The van der Waals surface area contributed by atoms with Crippen molar-refractivity contribution in [2.24, 2.45) is 0 Å². The minimum Gasteiger partial charge on any atom is -0.494 e. The molecule has 10 nitrogen and oxygen atoms in total. The van der Waals surface area contributed by atoms with Crippen molar-refractivity contribution >= 4 is 39.8 Å². The predicted molar refractivity (Wildman–Crippen MR) is 155 cm³/mol. The third-order valence-electron chi connectivity index (χ3n) is 6.91. The second-order valence-corrected chi connectivity index (χ2v) is 9.45. The first-order valence-electron chi connectivity index (χ1n) is 13.3. The van der Waals surface area contributed by atoms with Crippen molar-refractivity contribution < 1.29 is 14.3 Å². The number of benzene rings is 2. The molecule has 0 atom stereocenters. The van der Waals surface area contributed by atoms with Crippen LogP contribution in [0.15, 0.2) is 60.9 Å². The zero-order valence-corrected chi connectivity index (χ0v) is 22.7. The smallest absolute Gasteiger partial charge is 0.229 e. The number of hydrogen-bond acceptors (Lipinski definition) is 8. The maximum absolute atomic E-state index is 12.4.